The lowest BCUT2D eigenvalue weighted by Crippen LogP contribution is -2.58. The molecule has 3 amide bonds. The van der Waals surface area contributed by atoms with Crippen molar-refractivity contribution in [3.8, 4) is 0 Å². The second-order valence-corrected chi connectivity index (χ2v) is 6.78. The summed E-state index contributed by atoms with van der Waals surface area (Å²) in [5.74, 6) is -4.59. The molecule has 0 radical (unpaired) electrons. The molecule has 166 valence electrons. The Morgan fingerprint density at radius 2 is 1.84 bits per heavy atom. The summed E-state index contributed by atoms with van der Waals surface area (Å²) in [5, 5.41) is 4.93. The van der Waals surface area contributed by atoms with Crippen molar-refractivity contribution < 1.29 is 35.9 Å². The quantitative estimate of drug-likeness (QED) is 0.712. The van der Waals surface area contributed by atoms with E-state index in [4.69, 9.17) is 0 Å². The van der Waals surface area contributed by atoms with Crippen LogP contribution in [0.15, 0.2) is 30.3 Å². The number of pyridine rings is 1. The van der Waals surface area contributed by atoms with Crippen LogP contribution in [-0.4, -0.2) is 41.0 Å². The van der Waals surface area contributed by atoms with Crippen LogP contribution in [0.25, 0.3) is 0 Å². The van der Waals surface area contributed by atoms with Gasteiger partial charge in [0.15, 0.2) is 23.1 Å². The minimum atomic E-state index is -5.12. The fourth-order valence-corrected chi connectivity index (χ4v) is 3.10. The van der Waals surface area contributed by atoms with Gasteiger partial charge >= 0.3 is 12.2 Å². The van der Waals surface area contributed by atoms with E-state index >= 15 is 0 Å². The number of benzene rings is 1. The van der Waals surface area contributed by atoms with Gasteiger partial charge in [0.25, 0.3) is 0 Å². The second-order valence-electron chi connectivity index (χ2n) is 6.78. The van der Waals surface area contributed by atoms with Crippen LogP contribution >= 0.6 is 0 Å². The van der Waals surface area contributed by atoms with Crippen molar-refractivity contribution in [1.29, 1.82) is 0 Å². The third-order valence-corrected chi connectivity index (χ3v) is 4.74. The summed E-state index contributed by atoms with van der Waals surface area (Å²) in [5.41, 5.74) is -2.41. The highest BCUT2D eigenvalue weighted by Gasteiger charge is 2.38. The molecule has 31 heavy (non-hydrogen) atoms. The molecule has 3 rings (SSSR count). The first-order chi connectivity index (χ1) is 14.5. The Labute approximate surface area is 172 Å². The van der Waals surface area contributed by atoms with E-state index in [1.165, 1.54) is 6.92 Å². The molecule has 6 nitrogen and oxygen atoms in total. The molecule has 0 saturated carbocycles. The van der Waals surface area contributed by atoms with E-state index in [1.54, 1.807) is 0 Å². The van der Waals surface area contributed by atoms with Gasteiger partial charge in [-0.15, -0.1) is 0 Å². The van der Waals surface area contributed by atoms with E-state index in [0.717, 1.165) is 23.1 Å². The van der Waals surface area contributed by atoms with Gasteiger partial charge in [0.2, 0.25) is 5.91 Å². The minimum Gasteiger partial charge on any atom is -0.353 e. The lowest BCUT2D eigenvalue weighted by molar-refractivity contribution is -0.143. The smallest absolute Gasteiger partial charge is 0.353 e. The molecule has 2 atom stereocenters. The molecule has 0 bridgehead atoms. The Morgan fingerprint density at radius 3 is 2.48 bits per heavy atom. The number of urea groups is 1. The highest BCUT2D eigenvalue weighted by molar-refractivity contribution is 5.88. The summed E-state index contributed by atoms with van der Waals surface area (Å²) < 4.78 is 80.1. The van der Waals surface area contributed by atoms with Gasteiger partial charge in [0.1, 0.15) is 6.04 Å². The topological polar surface area (TPSA) is 74.3 Å². The van der Waals surface area contributed by atoms with Crippen molar-refractivity contribution in [2.45, 2.75) is 25.2 Å². The number of nitrogens with one attached hydrogen (secondary N) is 2. The maximum absolute atomic E-state index is 13.8. The Morgan fingerprint density at radius 1 is 1.16 bits per heavy atom. The molecule has 0 spiro atoms. The number of amides is 3. The fourth-order valence-electron chi connectivity index (χ4n) is 3.10. The van der Waals surface area contributed by atoms with E-state index < -0.39 is 59.0 Å². The Balaban J connectivity index is 2.03. The molecule has 1 fully saturated rings. The van der Waals surface area contributed by atoms with Crippen LogP contribution in [-0.2, 0) is 11.0 Å². The lowest BCUT2D eigenvalue weighted by atomic mass is 10.0. The predicted molar refractivity (Wildman–Crippen MR) is 95.1 cm³/mol. The second kappa shape index (κ2) is 8.44. The summed E-state index contributed by atoms with van der Waals surface area (Å²) in [7, 11) is 0. The molecular weight excluding hydrogens is 430 g/mol. The van der Waals surface area contributed by atoms with Gasteiger partial charge in [-0.25, -0.2) is 22.9 Å². The zero-order valence-electron chi connectivity index (χ0n) is 15.9. The van der Waals surface area contributed by atoms with Gasteiger partial charge in [-0.05, 0) is 36.8 Å². The third kappa shape index (κ3) is 4.72. The molecule has 1 saturated heterocycles. The molecule has 12 heteroatoms. The SMILES string of the molecule is C[C@@H]1C(=O)NCCN1C(=O)N[C@H](c1ccc(F)c(F)c1)c1ccc(F)c(C(F)(F)F)n1. The standard InChI is InChI=1S/C19H16F6N4O2/c1-9-17(30)26-6-7-29(9)18(31)28-15(10-2-3-11(20)13(22)8-10)14-5-4-12(21)16(27-14)19(23,24)25/h2-5,8-9,15H,6-7H2,1H3,(H,26,30)(H,28,31)/t9-,15-/m1/s1. The number of aromatic nitrogens is 1. The van der Waals surface area contributed by atoms with E-state index in [9.17, 15) is 35.9 Å². The number of carbonyl (C=O) groups excluding carboxylic acids is 2. The summed E-state index contributed by atoms with van der Waals surface area (Å²) >= 11 is 0. The summed E-state index contributed by atoms with van der Waals surface area (Å²) in [6.07, 6.45) is -5.12. The number of alkyl halides is 3. The monoisotopic (exact) mass is 446 g/mol. The van der Waals surface area contributed by atoms with Crippen LogP contribution in [0.5, 0.6) is 0 Å². The van der Waals surface area contributed by atoms with Crippen LogP contribution in [0.2, 0.25) is 0 Å². The van der Waals surface area contributed by atoms with Gasteiger partial charge in [-0.3, -0.25) is 4.79 Å². The van der Waals surface area contributed by atoms with Crippen molar-refractivity contribution in [3.63, 3.8) is 0 Å². The zero-order valence-corrected chi connectivity index (χ0v) is 15.9. The van der Waals surface area contributed by atoms with E-state index in [0.29, 0.717) is 12.1 Å². The largest absolute Gasteiger partial charge is 0.436 e. The molecular formula is C19H16F6N4O2. The first-order valence-corrected chi connectivity index (χ1v) is 9.02. The molecule has 2 heterocycles. The van der Waals surface area contributed by atoms with Crippen molar-refractivity contribution in [2.24, 2.45) is 0 Å². The fraction of sp³-hybridized carbons (Fsp3) is 0.316. The molecule has 0 aliphatic carbocycles. The number of nitrogens with zero attached hydrogens (tertiary/aromatic N) is 2. The number of halogens is 6. The number of rotatable bonds is 3. The van der Waals surface area contributed by atoms with Crippen LogP contribution in [0.4, 0.5) is 31.1 Å². The van der Waals surface area contributed by atoms with Gasteiger partial charge < -0.3 is 15.5 Å². The van der Waals surface area contributed by atoms with Crippen molar-refractivity contribution >= 4 is 11.9 Å². The highest BCUT2D eigenvalue weighted by Crippen LogP contribution is 2.32. The minimum absolute atomic E-state index is 0.105. The Bertz CT molecular complexity index is 1010. The summed E-state index contributed by atoms with van der Waals surface area (Å²) in [6.45, 7) is 1.70. The third-order valence-electron chi connectivity index (χ3n) is 4.74. The molecule has 1 aliphatic rings. The van der Waals surface area contributed by atoms with E-state index in [-0.39, 0.29) is 18.7 Å². The maximum atomic E-state index is 13.8. The van der Waals surface area contributed by atoms with E-state index in [1.807, 2.05) is 0 Å². The average Bonchev–Trinajstić information content (AvgIpc) is 2.70. The molecule has 1 aliphatic heterocycles. The van der Waals surface area contributed by atoms with Crippen LogP contribution in [0, 0.1) is 17.5 Å². The van der Waals surface area contributed by atoms with Crippen LogP contribution in [0.1, 0.15) is 29.9 Å². The molecule has 2 N–H and O–H groups in total. The molecule has 1 aromatic carbocycles. The molecule has 1 aromatic heterocycles. The molecule has 0 unspecified atom stereocenters. The summed E-state index contributed by atoms with van der Waals surface area (Å²) in [4.78, 5) is 29.0. The number of hydrogen-bond acceptors (Lipinski definition) is 3. The first kappa shape index (κ1) is 22.4. The first-order valence-electron chi connectivity index (χ1n) is 9.02. The molecule has 2 aromatic rings. The van der Waals surface area contributed by atoms with Crippen LogP contribution < -0.4 is 10.6 Å². The number of piperazine rings is 1. The normalized spacial score (nSPS) is 17.8. The summed E-state index contributed by atoms with van der Waals surface area (Å²) in [6, 6.07) is 0.655. The van der Waals surface area contributed by atoms with Gasteiger partial charge in [-0.2, -0.15) is 13.2 Å². The van der Waals surface area contributed by atoms with Gasteiger partial charge in [-0.1, -0.05) is 6.07 Å². The maximum Gasteiger partial charge on any atom is 0.436 e. The van der Waals surface area contributed by atoms with Gasteiger partial charge in [0, 0.05) is 13.1 Å². The Kier molecular flexibility index (Phi) is 6.09. The zero-order chi connectivity index (χ0) is 22.9. The van der Waals surface area contributed by atoms with Crippen molar-refractivity contribution in [2.75, 3.05) is 13.1 Å². The Hall–Kier alpha value is -3.31. The average molecular weight is 446 g/mol. The highest BCUT2D eigenvalue weighted by atomic mass is 19.4. The number of carbonyl (C=O) groups is 2. The van der Waals surface area contributed by atoms with Crippen molar-refractivity contribution in [3.05, 3.63) is 64.7 Å². The number of hydrogen-bond donors (Lipinski definition) is 2. The van der Waals surface area contributed by atoms with Crippen molar-refractivity contribution in [1.82, 2.24) is 20.5 Å². The van der Waals surface area contributed by atoms with E-state index in [2.05, 4.69) is 15.6 Å². The van der Waals surface area contributed by atoms with Crippen LogP contribution in [0.3, 0.4) is 0 Å². The predicted octanol–water partition coefficient (Wildman–Crippen LogP) is 3.14. The lowest BCUT2D eigenvalue weighted by Gasteiger charge is -2.34. The van der Waals surface area contributed by atoms with Gasteiger partial charge in [0.05, 0.1) is 11.7 Å².